The summed E-state index contributed by atoms with van der Waals surface area (Å²) in [4.78, 5) is 12.9. The summed E-state index contributed by atoms with van der Waals surface area (Å²) in [6.45, 7) is 0. The number of rotatable bonds is 0. The fourth-order valence-electron chi connectivity index (χ4n) is 4.38. The van der Waals surface area contributed by atoms with Crippen LogP contribution in [0.5, 0.6) is 0 Å². The molecule has 5 aromatic carbocycles. The molecule has 6 rings (SSSR count). The molecule has 0 atom stereocenters. The highest BCUT2D eigenvalue weighted by Gasteiger charge is 2.36. The van der Waals surface area contributed by atoms with Crippen molar-refractivity contribution in [3.63, 3.8) is 0 Å². The number of hydrogen-bond donors (Lipinski definition) is 0. The highest BCUT2D eigenvalue weighted by Crippen LogP contribution is 2.43. The third-order valence-corrected chi connectivity index (χ3v) is 5.96. The zero-order valence-electron chi connectivity index (χ0n) is 12.9. The van der Waals surface area contributed by atoms with Gasteiger partial charge in [-0.3, -0.25) is 4.79 Å². The van der Waals surface area contributed by atoms with Crippen molar-refractivity contribution in [2.45, 2.75) is 4.33 Å². The molecule has 1 nitrogen and oxygen atoms in total. The molecule has 1 aliphatic carbocycles. The second-order valence-corrected chi connectivity index (χ2v) is 8.15. The lowest BCUT2D eigenvalue weighted by Gasteiger charge is -2.23. The van der Waals surface area contributed by atoms with Crippen LogP contribution >= 0.6 is 23.2 Å². The summed E-state index contributed by atoms with van der Waals surface area (Å²) in [6, 6.07) is 18.8. The molecule has 0 unspecified atom stereocenters. The van der Waals surface area contributed by atoms with E-state index in [9.17, 15) is 4.79 Å². The molecule has 3 heteroatoms. The van der Waals surface area contributed by atoms with Gasteiger partial charge in [-0.1, -0.05) is 65.7 Å². The van der Waals surface area contributed by atoms with Crippen molar-refractivity contribution in [2.24, 2.45) is 0 Å². The van der Waals surface area contributed by atoms with E-state index in [1.807, 2.05) is 12.1 Å². The first-order valence-corrected chi connectivity index (χ1v) is 8.89. The fraction of sp³-hybridized carbons (Fsp3) is 0.0455. The molecule has 0 bridgehead atoms. The third-order valence-electron chi connectivity index (χ3n) is 5.39. The van der Waals surface area contributed by atoms with E-state index < -0.39 is 4.33 Å². The van der Waals surface area contributed by atoms with Gasteiger partial charge < -0.3 is 0 Å². The van der Waals surface area contributed by atoms with Gasteiger partial charge in [-0.2, -0.15) is 0 Å². The predicted molar refractivity (Wildman–Crippen MR) is 106 cm³/mol. The maximum atomic E-state index is 12.9. The van der Waals surface area contributed by atoms with E-state index in [1.165, 1.54) is 21.5 Å². The Kier molecular flexibility index (Phi) is 2.36. The Balaban J connectivity index is 2.05. The predicted octanol–water partition coefficient (Wildman–Crippen LogP) is 5.61. The molecule has 5 aromatic rings. The van der Waals surface area contributed by atoms with Crippen molar-refractivity contribution in [2.75, 3.05) is 0 Å². The maximum Gasteiger partial charge on any atom is 0.203 e. The van der Waals surface area contributed by atoms with Crippen molar-refractivity contribution in [1.82, 2.24) is 0 Å². The number of halogens is 2. The van der Waals surface area contributed by atoms with Crippen LogP contribution in [0.25, 0.3) is 49.2 Å². The SMILES string of the molecule is O=C1c2cc3ccc4cccc5cc6ccc(c2c6c3c45)=CC1(Cl)Cl. The Hall–Kier alpha value is -2.35. The van der Waals surface area contributed by atoms with E-state index in [2.05, 4.69) is 42.5 Å². The molecule has 118 valence electrons. The third kappa shape index (κ3) is 1.58. The lowest BCUT2D eigenvalue weighted by atomic mass is 9.84. The average Bonchev–Trinajstić information content (AvgIpc) is 2.61. The van der Waals surface area contributed by atoms with Crippen LogP contribution in [0.3, 0.4) is 0 Å². The number of benzene rings is 5. The molecule has 25 heavy (non-hydrogen) atoms. The standard InChI is InChI=1S/C22H10Cl2O/c23-22(24)10-15-7-6-13-8-12-3-1-2-11-4-5-14-9-16(21(22)25)18(15)20(13)19(14)17(11)12/h1-10H. The molecule has 0 N–H and O–H groups in total. The second kappa shape index (κ2) is 4.24. The van der Waals surface area contributed by atoms with Gasteiger partial charge in [0.15, 0.2) is 4.33 Å². The summed E-state index contributed by atoms with van der Waals surface area (Å²) in [6.07, 6.45) is 1.66. The summed E-state index contributed by atoms with van der Waals surface area (Å²) < 4.78 is -1.51. The summed E-state index contributed by atoms with van der Waals surface area (Å²) in [5.74, 6) is -0.249. The lowest BCUT2D eigenvalue weighted by Crippen LogP contribution is -2.31. The van der Waals surface area contributed by atoms with Crippen LogP contribution in [0.4, 0.5) is 0 Å². The van der Waals surface area contributed by atoms with Gasteiger partial charge in [0.1, 0.15) is 0 Å². The minimum Gasteiger partial charge on any atom is -0.290 e. The number of alkyl halides is 2. The zero-order valence-corrected chi connectivity index (χ0v) is 14.4. The van der Waals surface area contributed by atoms with Crippen LogP contribution in [0.15, 0.2) is 54.6 Å². The molecule has 0 radical (unpaired) electrons. The normalized spacial score (nSPS) is 16.3. The zero-order chi connectivity index (χ0) is 16.9. The number of carbonyl (C=O) groups excluding carboxylic acids is 1. The number of Topliss-reactive ketones (excluding diaryl/α,β-unsaturated/α-hetero) is 1. The van der Waals surface area contributed by atoms with Crippen molar-refractivity contribution in [3.8, 4) is 0 Å². The Bertz CT molecular complexity index is 1430. The first-order chi connectivity index (χ1) is 12.0. The van der Waals surface area contributed by atoms with Crippen molar-refractivity contribution < 1.29 is 4.79 Å². The van der Waals surface area contributed by atoms with E-state index >= 15 is 0 Å². The molecule has 0 aromatic heterocycles. The molecule has 0 fully saturated rings. The van der Waals surface area contributed by atoms with Crippen LogP contribution in [0, 0.1) is 0 Å². The molecule has 1 aliphatic rings. The first-order valence-electron chi connectivity index (χ1n) is 8.13. The lowest BCUT2D eigenvalue weighted by molar-refractivity contribution is 0.0992. The Labute approximate surface area is 152 Å². The Morgan fingerprint density at radius 1 is 0.680 bits per heavy atom. The van der Waals surface area contributed by atoms with Crippen molar-refractivity contribution >= 4 is 78.2 Å². The van der Waals surface area contributed by atoms with Gasteiger partial charge >= 0.3 is 0 Å². The Morgan fingerprint density at radius 3 is 2.20 bits per heavy atom. The minimum atomic E-state index is -1.51. The van der Waals surface area contributed by atoms with Crippen LogP contribution < -0.4 is 5.22 Å². The average molecular weight is 361 g/mol. The molecular formula is C22H10Cl2O. The minimum absolute atomic E-state index is 0.249. The van der Waals surface area contributed by atoms with Gasteiger partial charge in [0.2, 0.25) is 5.78 Å². The summed E-state index contributed by atoms with van der Waals surface area (Å²) in [5, 5.41) is 10.1. The van der Waals surface area contributed by atoms with Crippen LogP contribution in [-0.4, -0.2) is 10.1 Å². The second-order valence-electron chi connectivity index (χ2n) is 6.77. The summed E-state index contributed by atoms with van der Waals surface area (Å²) >= 11 is 12.6. The molecule has 0 aliphatic heterocycles. The molecule has 0 spiro atoms. The van der Waals surface area contributed by atoms with E-state index in [0.29, 0.717) is 5.56 Å². The number of hydrogen-bond acceptors (Lipinski definition) is 1. The largest absolute Gasteiger partial charge is 0.290 e. The van der Waals surface area contributed by atoms with Gasteiger partial charge in [-0.05, 0) is 61.1 Å². The van der Waals surface area contributed by atoms with Crippen LogP contribution in [0.2, 0.25) is 0 Å². The van der Waals surface area contributed by atoms with E-state index in [4.69, 9.17) is 23.2 Å². The molecule has 0 saturated heterocycles. The highest BCUT2D eigenvalue weighted by atomic mass is 35.5. The first kappa shape index (κ1) is 13.9. The van der Waals surface area contributed by atoms with Gasteiger partial charge in [0, 0.05) is 10.9 Å². The highest BCUT2D eigenvalue weighted by molar-refractivity contribution is 6.64. The topological polar surface area (TPSA) is 17.1 Å². The van der Waals surface area contributed by atoms with Gasteiger partial charge in [-0.25, -0.2) is 0 Å². The molecule has 0 saturated carbocycles. The quantitative estimate of drug-likeness (QED) is 0.199. The van der Waals surface area contributed by atoms with E-state index in [-0.39, 0.29) is 5.78 Å². The summed E-state index contributed by atoms with van der Waals surface area (Å²) in [5.41, 5.74) is 0.610. The molecule has 0 amide bonds. The van der Waals surface area contributed by atoms with Crippen LogP contribution in [0.1, 0.15) is 10.4 Å². The van der Waals surface area contributed by atoms with E-state index in [1.54, 1.807) is 6.08 Å². The Morgan fingerprint density at radius 2 is 1.32 bits per heavy atom. The van der Waals surface area contributed by atoms with Crippen molar-refractivity contribution in [3.05, 3.63) is 65.4 Å². The van der Waals surface area contributed by atoms with Gasteiger partial charge in [0.25, 0.3) is 0 Å². The molecular weight excluding hydrogens is 351 g/mol. The summed E-state index contributed by atoms with van der Waals surface area (Å²) in [7, 11) is 0. The monoisotopic (exact) mass is 360 g/mol. The van der Waals surface area contributed by atoms with Gasteiger partial charge in [-0.15, -0.1) is 0 Å². The van der Waals surface area contributed by atoms with Crippen LogP contribution in [-0.2, 0) is 0 Å². The smallest absolute Gasteiger partial charge is 0.203 e. The molecule has 0 heterocycles. The maximum absolute atomic E-state index is 12.9. The van der Waals surface area contributed by atoms with Crippen molar-refractivity contribution in [1.29, 1.82) is 0 Å². The van der Waals surface area contributed by atoms with E-state index in [0.717, 1.165) is 26.8 Å². The number of carbonyl (C=O) groups is 1. The fourth-order valence-corrected chi connectivity index (χ4v) is 4.82. The van der Waals surface area contributed by atoms with Gasteiger partial charge in [0.05, 0.1) is 0 Å². The number of ketones is 1.